The lowest BCUT2D eigenvalue weighted by molar-refractivity contribution is -0.914. The first-order valence-corrected chi connectivity index (χ1v) is 13.4. The lowest BCUT2D eigenvalue weighted by Crippen LogP contribution is -3.13. The normalized spacial score (nSPS) is 19.4. The molecule has 6 rings (SSSR count). The molecule has 1 N–H and O–H groups in total. The number of aryl methyl sites for hydroxylation is 1. The third-order valence-electron chi connectivity index (χ3n) is 8.02. The van der Waals surface area contributed by atoms with E-state index in [4.69, 9.17) is 19.4 Å². The Labute approximate surface area is 218 Å². The minimum atomic E-state index is 0.168. The molecular formula is C30H35N4O3+. The van der Waals surface area contributed by atoms with Gasteiger partial charge in [0.15, 0.2) is 17.3 Å². The summed E-state index contributed by atoms with van der Waals surface area (Å²) in [4.78, 5) is 26.7. The maximum absolute atomic E-state index is 13.1. The van der Waals surface area contributed by atoms with Crippen molar-refractivity contribution < 1.29 is 19.2 Å². The van der Waals surface area contributed by atoms with Crippen LogP contribution in [0.25, 0.3) is 0 Å². The van der Waals surface area contributed by atoms with Crippen LogP contribution in [-0.4, -0.2) is 48.7 Å². The molecule has 7 heteroatoms. The van der Waals surface area contributed by atoms with Crippen LogP contribution < -0.4 is 19.3 Å². The third kappa shape index (κ3) is 4.80. The molecule has 2 aliphatic heterocycles. The van der Waals surface area contributed by atoms with Crippen LogP contribution in [0.5, 0.6) is 11.5 Å². The van der Waals surface area contributed by atoms with Gasteiger partial charge in [-0.25, -0.2) is 9.97 Å². The first-order chi connectivity index (χ1) is 17.9. The summed E-state index contributed by atoms with van der Waals surface area (Å²) in [5.41, 5.74) is 6.28. The van der Waals surface area contributed by atoms with Gasteiger partial charge < -0.3 is 19.3 Å². The number of nitrogens with one attached hydrogen (secondary N) is 1. The summed E-state index contributed by atoms with van der Waals surface area (Å²) < 4.78 is 11.0. The Kier molecular flexibility index (Phi) is 6.32. The van der Waals surface area contributed by atoms with Crippen LogP contribution in [0.15, 0.2) is 42.5 Å². The predicted octanol–water partition coefficient (Wildman–Crippen LogP) is 3.45. The van der Waals surface area contributed by atoms with Crippen molar-refractivity contribution in [1.82, 2.24) is 9.97 Å². The zero-order valence-electron chi connectivity index (χ0n) is 21.9. The van der Waals surface area contributed by atoms with Gasteiger partial charge >= 0.3 is 0 Å². The molecular weight excluding hydrogens is 464 g/mol. The second kappa shape index (κ2) is 9.78. The number of anilines is 1. The molecule has 0 unspecified atom stereocenters. The molecule has 0 amide bonds. The first kappa shape index (κ1) is 23.9. The van der Waals surface area contributed by atoms with Crippen LogP contribution in [0.3, 0.4) is 0 Å². The molecule has 3 aliphatic rings. The van der Waals surface area contributed by atoms with Gasteiger partial charge in [-0.2, -0.15) is 0 Å². The summed E-state index contributed by atoms with van der Waals surface area (Å²) in [6, 6.07) is 15.0. The predicted molar refractivity (Wildman–Crippen MR) is 142 cm³/mol. The quantitative estimate of drug-likeness (QED) is 0.580. The summed E-state index contributed by atoms with van der Waals surface area (Å²) in [6.07, 6.45) is 1.31. The van der Waals surface area contributed by atoms with E-state index in [2.05, 4.69) is 55.1 Å². The van der Waals surface area contributed by atoms with Crippen molar-refractivity contribution in [1.29, 1.82) is 0 Å². The van der Waals surface area contributed by atoms with Gasteiger partial charge in [-0.05, 0) is 54.5 Å². The fourth-order valence-electron chi connectivity index (χ4n) is 5.83. The van der Waals surface area contributed by atoms with Crippen molar-refractivity contribution in [3.63, 3.8) is 0 Å². The SMILES string of the molecule is Cc1nc(N2CC[NH+](Cc3ccc4c(c3)OCO4)CC2)nc2c1C(=O)C[C@H](c1ccc(C(C)C)cc1)C2. The maximum atomic E-state index is 13.1. The summed E-state index contributed by atoms with van der Waals surface area (Å²) in [5.74, 6) is 3.28. The number of ketones is 1. The molecule has 37 heavy (non-hydrogen) atoms. The Morgan fingerprint density at radius 2 is 1.76 bits per heavy atom. The average Bonchev–Trinajstić information content (AvgIpc) is 3.37. The number of nitrogens with zero attached hydrogens (tertiary/aromatic N) is 3. The summed E-state index contributed by atoms with van der Waals surface area (Å²) in [5, 5.41) is 0. The number of rotatable bonds is 5. The number of ether oxygens (including phenoxy) is 2. The summed E-state index contributed by atoms with van der Waals surface area (Å²) in [6.45, 7) is 11.4. The van der Waals surface area contributed by atoms with Gasteiger partial charge in [0.25, 0.3) is 0 Å². The molecule has 1 atom stereocenters. The smallest absolute Gasteiger partial charge is 0.231 e. The van der Waals surface area contributed by atoms with Crippen molar-refractivity contribution in [3.8, 4) is 11.5 Å². The van der Waals surface area contributed by atoms with Crippen LogP contribution in [0, 0.1) is 6.92 Å². The largest absolute Gasteiger partial charge is 0.454 e. The van der Waals surface area contributed by atoms with Crippen molar-refractivity contribution in [2.45, 2.75) is 52.0 Å². The molecule has 1 saturated heterocycles. The van der Waals surface area contributed by atoms with Gasteiger partial charge in [-0.15, -0.1) is 0 Å². The van der Waals surface area contributed by atoms with Gasteiger partial charge in [0.1, 0.15) is 6.54 Å². The first-order valence-electron chi connectivity index (χ1n) is 13.4. The Bertz CT molecular complexity index is 1310. The van der Waals surface area contributed by atoms with Crippen molar-refractivity contribution in [2.75, 3.05) is 37.9 Å². The second-order valence-electron chi connectivity index (χ2n) is 10.9. The van der Waals surface area contributed by atoms with Crippen molar-refractivity contribution in [3.05, 3.63) is 76.1 Å². The van der Waals surface area contributed by atoms with E-state index in [1.165, 1.54) is 21.6 Å². The zero-order chi connectivity index (χ0) is 25.5. The number of aromatic nitrogens is 2. The van der Waals surface area contributed by atoms with Crippen molar-refractivity contribution >= 4 is 11.7 Å². The van der Waals surface area contributed by atoms with Gasteiger partial charge in [0.2, 0.25) is 12.7 Å². The molecule has 7 nitrogen and oxygen atoms in total. The van der Waals surface area contributed by atoms with E-state index in [0.29, 0.717) is 19.1 Å². The van der Waals surface area contributed by atoms with Gasteiger partial charge in [0, 0.05) is 12.0 Å². The Morgan fingerprint density at radius 3 is 2.51 bits per heavy atom. The number of fused-ring (bicyclic) bond motifs is 2. The molecule has 3 aromatic rings. The number of hydrogen-bond acceptors (Lipinski definition) is 6. The topological polar surface area (TPSA) is 69.0 Å². The van der Waals surface area contributed by atoms with E-state index in [1.807, 2.05) is 13.0 Å². The van der Waals surface area contributed by atoms with Gasteiger partial charge in [-0.1, -0.05) is 38.1 Å². The van der Waals surface area contributed by atoms with E-state index >= 15 is 0 Å². The zero-order valence-corrected chi connectivity index (χ0v) is 21.9. The monoisotopic (exact) mass is 499 g/mol. The molecule has 1 aliphatic carbocycles. The van der Waals surface area contributed by atoms with Gasteiger partial charge in [-0.3, -0.25) is 4.79 Å². The molecule has 0 bridgehead atoms. The Balaban J connectivity index is 1.14. The molecule has 1 fully saturated rings. The highest BCUT2D eigenvalue weighted by Gasteiger charge is 2.31. The fraction of sp³-hybridized carbons (Fsp3) is 0.433. The van der Waals surface area contributed by atoms with Crippen LogP contribution in [-0.2, 0) is 13.0 Å². The van der Waals surface area contributed by atoms with E-state index in [0.717, 1.165) is 73.5 Å². The second-order valence-corrected chi connectivity index (χ2v) is 10.9. The molecule has 2 aromatic carbocycles. The fourth-order valence-corrected chi connectivity index (χ4v) is 5.83. The summed E-state index contributed by atoms with van der Waals surface area (Å²) >= 11 is 0. The van der Waals surface area contributed by atoms with Crippen LogP contribution in [0.1, 0.15) is 70.5 Å². The minimum absolute atomic E-state index is 0.168. The van der Waals surface area contributed by atoms with Crippen LogP contribution in [0.4, 0.5) is 5.95 Å². The molecule has 0 radical (unpaired) electrons. The highest BCUT2D eigenvalue weighted by atomic mass is 16.7. The van der Waals surface area contributed by atoms with E-state index in [-0.39, 0.29) is 11.7 Å². The average molecular weight is 500 g/mol. The number of carbonyl (C=O) groups is 1. The highest BCUT2D eigenvalue weighted by molar-refractivity contribution is 5.99. The summed E-state index contributed by atoms with van der Waals surface area (Å²) in [7, 11) is 0. The van der Waals surface area contributed by atoms with E-state index < -0.39 is 0 Å². The van der Waals surface area contributed by atoms with Crippen molar-refractivity contribution in [2.24, 2.45) is 0 Å². The third-order valence-corrected chi connectivity index (χ3v) is 8.02. The van der Waals surface area contributed by atoms with E-state index in [1.54, 1.807) is 0 Å². The highest BCUT2D eigenvalue weighted by Crippen LogP contribution is 2.35. The molecule has 0 saturated carbocycles. The molecule has 1 aromatic heterocycles. The number of Topliss-reactive ketones (excluding diaryl/α,β-unsaturated/α-hetero) is 1. The van der Waals surface area contributed by atoms with Crippen LogP contribution >= 0.6 is 0 Å². The lowest BCUT2D eigenvalue weighted by Gasteiger charge is -2.33. The molecule has 0 spiro atoms. The Hall–Kier alpha value is -3.45. The minimum Gasteiger partial charge on any atom is -0.454 e. The number of carbonyl (C=O) groups excluding carboxylic acids is 1. The standard InChI is InChI=1S/C30H34N4O3/c1-19(2)22-5-7-23(8-6-22)24-15-25-29(26(35)16-24)20(3)31-30(32-25)34-12-10-33(11-13-34)17-21-4-9-27-28(14-21)37-18-36-27/h4-9,14,19,24H,10-13,15-18H2,1-3H3/p+1/t24-/m1/s1. The van der Waals surface area contributed by atoms with Crippen LogP contribution in [0.2, 0.25) is 0 Å². The van der Waals surface area contributed by atoms with Gasteiger partial charge in [0.05, 0.1) is 43.1 Å². The van der Waals surface area contributed by atoms with E-state index in [9.17, 15) is 4.79 Å². The lowest BCUT2D eigenvalue weighted by atomic mass is 9.81. The maximum Gasteiger partial charge on any atom is 0.231 e. The molecule has 192 valence electrons. The number of piperazine rings is 1. The Morgan fingerprint density at radius 1 is 1.00 bits per heavy atom. The number of benzene rings is 2. The molecule has 3 heterocycles. The number of hydrogen-bond donors (Lipinski definition) is 1. The number of quaternary nitrogens is 1.